The Morgan fingerprint density at radius 1 is 1.43 bits per heavy atom. The summed E-state index contributed by atoms with van der Waals surface area (Å²) in [6.45, 7) is 0. The first-order valence-electron chi connectivity index (χ1n) is 3.96. The zero-order valence-electron chi connectivity index (χ0n) is 7.57. The number of hydrogen-bond donors (Lipinski definition) is 0. The molecule has 0 aromatic heterocycles. The van der Waals surface area contributed by atoms with E-state index in [0.717, 1.165) is 4.90 Å². The maximum absolute atomic E-state index is 11.5. The normalized spacial score (nSPS) is 12.1. The monoisotopic (exact) mass is 320 g/mol. The van der Waals surface area contributed by atoms with Gasteiger partial charge in [0, 0.05) is 10.5 Å². The van der Waals surface area contributed by atoms with E-state index in [1.165, 1.54) is 0 Å². The van der Waals surface area contributed by atoms with Crippen molar-refractivity contribution in [3.05, 3.63) is 29.8 Å². The Balaban J connectivity index is 2.86. The Kier molecular flexibility index (Phi) is 4.60. The first-order chi connectivity index (χ1) is 6.69. The number of Topliss-reactive ketones (excluding diaryl/α,β-unsaturated/α-hetero) is 1. The van der Waals surface area contributed by atoms with E-state index in [9.17, 15) is 9.59 Å². The van der Waals surface area contributed by atoms with E-state index in [0.29, 0.717) is 11.8 Å². The van der Waals surface area contributed by atoms with Gasteiger partial charge in [-0.25, -0.2) is 0 Å². The van der Waals surface area contributed by atoms with Crippen LogP contribution < -0.4 is 0 Å². The molecule has 1 unspecified atom stereocenters. The maximum Gasteiger partial charge on any atom is 0.182 e. The van der Waals surface area contributed by atoms with E-state index < -0.39 is 3.92 Å². The van der Waals surface area contributed by atoms with Gasteiger partial charge in [0.25, 0.3) is 0 Å². The number of halogens is 1. The molecule has 0 saturated heterocycles. The van der Waals surface area contributed by atoms with E-state index in [4.69, 9.17) is 0 Å². The van der Waals surface area contributed by atoms with Gasteiger partial charge in [-0.3, -0.25) is 4.79 Å². The second kappa shape index (κ2) is 5.50. The molecule has 1 rings (SSSR count). The molecule has 1 atom stereocenters. The fourth-order valence-corrected chi connectivity index (χ4v) is 1.74. The fourth-order valence-electron chi connectivity index (χ4n) is 0.976. The Morgan fingerprint density at radius 3 is 2.43 bits per heavy atom. The largest absolute Gasteiger partial charge is 0.302 e. The minimum atomic E-state index is -0.576. The van der Waals surface area contributed by atoms with E-state index in [-0.39, 0.29) is 5.78 Å². The molecule has 0 N–H and O–H groups in total. The van der Waals surface area contributed by atoms with Gasteiger partial charge >= 0.3 is 0 Å². The quantitative estimate of drug-likeness (QED) is 0.214. The predicted molar refractivity (Wildman–Crippen MR) is 66.4 cm³/mol. The number of carbonyl (C=O) groups excluding carboxylic acids is 2. The van der Waals surface area contributed by atoms with Crippen molar-refractivity contribution < 1.29 is 9.59 Å². The number of thioether (sulfide) groups is 1. The van der Waals surface area contributed by atoms with Crippen LogP contribution in [-0.4, -0.2) is 22.2 Å². The van der Waals surface area contributed by atoms with Gasteiger partial charge in [0.2, 0.25) is 0 Å². The van der Waals surface area contributed by atoms with Gasteiger partial charge < -0.3 is 4.79 Å². The number of alkyl halides is 1. The topological polar surface area (TPSA) is 34.1 Å². The van der Waals surface area contributed by atoms with Gasteiger partial charge in [0.15, 0.2) is 5.78 Å². The Labute approximate surface area is 101 Å². The number of aldehydes is 1. The summed E-state index contributed by atoms with van der Waals surface area (Å²) in [4.78, 5) is 23.0. The van der Waals surface area contributed by atoms with Gasteiger partial charge in [0.05, 0.1) is 0 Å². The highest BCUT2D eigenvalue weighted by Crippen LogP contribution is 2.16. The summed E-state index contributed by atoms with van der Waals surface area (Å²) in [5.41, 5.74) is 0.592. The van der Waals surface area contributed by atoms with Crippen molar-refractivity contribution >= 4 is 46.4 Å². The molecule has 0 heterocycles. The highest BCUT2D eigenvalue weighted by Gasteiger charge is 2.15. The highest BCUT2D eigenvalue weighted by atomic mass is 127. The summed E-state index contributed by atoms with van der Waals surface area (Å²) >= 11 is 3.45. The summed E-state index contributed by atoms with van der Waals surface area (Å²) in [5.74, 6) is -0.131. The molecule has 0 aliphatic rings. The predicted octanol–water partition coefficient (Wildman–Crippen LogP) is 2.59. The third-order valence-electron chi connectivity index (χ3n) is 1.74. The molecule has 0 spiro atoms. The molecule has 74 valence electrons. The number of benzene rings is 1. The summed E-state index contributed by atoms with van der Waals surface area (Å²) in [5, 5.41) is 0. The van der Waals surface area contributed by atoms with E-state index in [2.05, 4.69) is 0 Å². The fraction of sp³-hybridized carbons (Fsp3) is 0.200. The van der Waals surface area contributed by atoms with Gasteiger partial charge in [-0.05, 0) is 18.4 Å². The Hall–Kier alpha value is -0.360. The van der Waals surface area contributed by atoms with Crippen LogP contribution in [0.2, 0.25) is 0 Å². The molecule has 2 nitrogen and oxygen atoms in total. The van der Waals surface area contributed by atoms with Crippen LogP contribution in [0.15, 0.2) is 29.2 Å². The van der Waals surface area contributed by atoms with Crippen LogP contribution in [-0.2, 0) is 4.79 Å². The molecule has 0 aliphatic carbocycles. The zero-order chi connectivity index (χ0) is 10.6. The van der Waals surface area contributed by atoms with Crippen molar-refractivity contribution in [3.8, 4) is 0 Å². The maximum atomic E-state index is 11.5. The first kappa shape index (κ1) is 11.7. The molecule has 14 heavy (non-hydrogen) atoms. The lowest BCUT2D eigenvalue weighted by Crippen LogP contribution is -2.14. The molecule has 0 bridgehead atoms. The molecule has 1 aromatic rings. The van der Waals surface area contributed by atoms with E-state index in [1.54, 1.807) is 23.9 Å². The second-order valence-electron chi connectivity index (χ2n) is 2.63. The lowest BCUT2D eigenvalue weighted by molar-refractivity contribution is -0.106. The molecule has 0 amide bonds. The van der Waals surface area contributed by atoms with E-state index >= 15 is 0 Å². The molecular weight excluding hydrogens is 311 g/mol. The second-order valence-corrected chi connectivity index (χ2v) is 4.85. The molecule has 4 heteroatoms. The summed E-state index contributed by atoms with van der Waals surface area (Å²) < 4.78 is -0.576. The number of carbonyl (C=O) groups is 2. The SMILES string of the molecule is CSc1ccc(C(=O)C(I)C=O)cc1. The standard InChI is InChI=1S/C10H9IO2S/c1-14-8-4-2-7(3-5-8)10(13)9(11)6-12/h2-6,9H,1H3. The Morgan fingerprint density at radius 2 is 2.00 bits per heavy atom. The van der Waals surface area contributed by atoms with Crippen LogP contribution in [0.1, 0.15) is 10.4 Å². The zero-order valence-corrected chi connectivity index (χ0v) is 10.5. The van der Waals surface area contributed by atoms with Crippen molar-refractivity contribution in [1.82, 2.24) is 0 Å². The first-order valence-corrected chi connectivity index (χ1v) is 6.43. The van der Waals surface area contributed by atoms with Crippen LogP contribution in [0.25, 0.3) is 0 Å². The molecular formula is C10H9IO2S. The van der Waals surface area contributed by atoms with Crippen molar-refractivity contribution in [2.24, 2.45) is 0 Å². The minimum absolute atomic E-state index is 0.131. The molecule has 1 aromatic carbocycles. The summed E-state index contributed by atoms with van der Waals surface area (Å²) in [6, 6.07) is 7.27. The molecule has 0 saturated carbocycles. The van der Waals surface area contributed by atoms with Crippen molar-refractivity contribution in [2.75, 3.05) is 6.26 Å². The summed E-state index contributed by atoms with van der Waals surface area (Å²) in [7, 11) is 0. The lowest BCUT2D eigenvalue weighted by atomic mass is 10.1. The highest BCUT2D eigenvalue weighted by molar-refractivity contribution is 14.1. The van der Waals surface area contributed by atoms with Crippen LogP contribution >= 0.6 is 34.4 Å². The van der Waals surface area contributed by atoms with Crippen LogP contribution in [0.3, 0.4) is 0 Å². The Bertz CT molecular complexity index is 334. The van der Waals surface area contributed by atoms with Gasteiger partial charge in [-0.15, -0.1) is 11.8 Å². The van der Waals surface area contributed by atoms with Crippen molar-refractivity contribution in [3.63, 3.8) is 0 Å². The van der Waals surface area contributed by atoms with Gasteiger partial charge in [0.1, 0.15) is 10.2 Å². The molecule has 0 radical (unpaired) electrons. The summed E-state index contributed by atoms with van der Waals surface area (Å²) in [6.07, 6.45) is 2.63. The van der Waals surface area contributed by atoms with Gasteiger partial charge in [-0.2, -0.15) is 0 Å². The lowest BCUT2D eigenvalue weighted by Gasteiger charge is -2.02. The third-order valence-corrected chi connectivity index (χ3v) is 3.35. The number of hydrogen-bond acceptors (Lipinski definition) is 3. The smallest absolute Gasteiger partial charge is 0.182 e. The minimum Gasteiger partial charge on any atom is -0.302 e. The van der Waals surface area contributed by atoms with Crippen molar-refractivity contribution in [1.29, 1.82) is 0 Å². The molecule has 0 fully saturated rings. The van der Waals surface area contributed by atoms with Crippen molar-refractivity contribution in [2.45, 2.75) is 8.82 Å². The average molecular weight is 320 g/mol. The average Bonchev–Trinajstić information content (AvgIpc) is 2.27. The molecule has 0 aliphatic heterocycles. The number of rotatable bonds is 4. The van der Waals surface area contributed by atoms with E-state index in [1.807, 2.05) is 41.0 Å². The number of ketones is 1. The van der Waals surface area contributed by atoms with Gasteiger partial charge in [-0.1, -0.05) is 34.7 Å². The van der Waals surface area contributed by atoms with Crippen LogP contribution in [0.4, 0.5) is 0 Å². The van der Waals surface area contributed by atoms with Crippen LogP contribution in [0, 0.1) is 0 Å². The van der Waals surface area contributed by atoms with Crippen LogP contribution in [0.5, 0.6) is 0 Å². The third kappa shape index (κ3) is 2.81.